The molecule has 1 fully saturated rings. The van der Waals surface area contributed by atoms with E-state index in [1.165, 1.54) is 0 Å². The van der Waals surface area contributed by atoms with E-state index in [0.717, 1.165) is 43.4 Å². The predicted molar refractivity (Wildman–Crippen MR) is 83.3 cm³/mol. The number of nitrogens with one attached hydrogen (secondary N) is 1. The summed E-state index contributed by atoms with van der Waals surface area (Å²) >= 11 is 0. The number of H-pyrrole nitrogens is 1. The van der Waals surface area contributed by atoms with Gasteiger partial charge in [0.15, 0.2) is 0 Å². The summed E-state index contributed by atoms with van der Waals surface area (Å²) in [6.07, 6.45) is 3.88. The lowest BCUT2D eigenvalue weighted by molar-refractivity contribution is 0.0146. The third-order valence-electron chi connectivity index (χ3n) is 4.07. The number of aromatic amines is 1. The molecule has 5 nitrogen and oxygen atoms in total. The van der Waals surface area contributed by atoms with Crippen molar-refractivity contribution in [3.63, 3.8) is 0 Å². The van der Waals surface area contributed by atoms with Crippen molar-refractivity contribution in [3.05, 3.63) is 30.0 Å². The summed E-state index contributed by atoms with van der Waals surface area (Å²) in [5, 5.41) is 0.895. The van der Waals surface area contributed by atoms with Crippen LogP contribution in [-0.4, -0.2) is 41.6 Å². The minimum atomic E-state index is 0.0711. The average molecular weight is 287 g/mol. The Morgan fingerprint density at radius 2 is 2.19 bits per heavy atom. The van der Waals surface area contributed by atoms with Crippen LogP contribution in [0.25, 0.3) is 10.9 Å². The van der Waals surface area contributed by atoms with Crippen LogP contribution in [0.1, 0.15) is 30.1 Å². The first-order valence-electron chi connectivity index (χ1n) is 7.46. The maximum atomic E-state index is 12.7. The number of carbonyl (C=O) groups is 1. The predicted octanol–water partition coefficient (Wildman–Crippen LogP) is 2.39. The number of nitrogens with two attached hydrogens (primary N) is 1. The number of hydrogen-bond acceptors (Lipinski definition) is 3. The molecule has 3 rings (SSSR count). The molecule has 2 heterocycles. The molecule has 2 aromatic rings. The van der Waals surface area contributed by atoms with Crippen molar-refractivity contribution in [2.45, 2.75) is 25.9 Å². The van der Waals surface area contributed by atoms with Crippen LogP contribution in [0.3, 0.4) is 0 Å². The second-order valence-corrected chi connectivity index (χ2v) is 5.45. The molecule has 0 atom stereocenters. The molecule has 0 aliphatic carbocycles. The summed E-state index contributed by atoms with van der Waals surface area (Å²) in [5.74, 6) is 0.0711. The van der Waals surface area contributed by atoms with E-state index >= 15 is 0 Å². The van der Waals surface area contributed by atoms with Crippen molar-refractivity contribution in [2.75, 3.05) is 25.4 Å². The first-order valence-corrected chi connectivity index (χ1v) is 7.46. The summed E-state index contributed by atoms with van der Waals surface area (Å²) in [7, 11) is 0. The first-order chi connectivity index (χ1) is 10.2. The van der Waals surface area contributed by atoms with Gasteiger partial charge in [0.05, 0.1) is 11.7 Å². The van der Waals surface area contributed by atoms with Crippen LogP contribution in [0, 0.1) is 0 Å². The van der Waals surface area contributed by atoms with Gasteiger partial charge >= 0.3 is 0 Å². The van der Waals surface area contributed by atoms with Gasteiger partial charge in [-0.15, -0.1) is 0 Å². The lowest BCUT2D eigenvalue weighted by Crippen LogP contribution is -2.40. The largest absolute Gasteiger partial charge is 0.399 e. The van der Waals surface area contributed by atoms with Gasteiger partial charge < -0.3 is 20.4 Å². The van der Waals surface area contributed by atoms with Gasteiger partial charge in [0.1, 0.15) is 0 Å². The van der Waals surface area contributed by atoms with Gasteiger partial charge in [0.25, 0.3) is 5.91 Å². The Morgan fingerprint density at radius 3 is 2.90 bits per heavy atom. The second-order valence-electron chi connectivity index (χ2n) is 5.45. The van der Waals surface area contributed by atoms with Crippen molar-refractivity contribution in [2.24, 2.45) is 0 Å². The van der Waals surface area contributed by atoms with Gasteiger partial charge in [-0.1, -0.05) is 0 Å². The molecular formula is C16H21N3O2. The highest BCUT2D eigenvalue weighted by Crippen LogP contribution is 2.24. The number of anilines is 1. The van der Waals surface area contributed by atoms with E-state index in [2.05, 4.69) is 4.98 Å². The summed E-state index contributed by atoms with van der Waals surface area (Å²) in [5.41, 5.74) is 8.14. The maximum absolute atomic E-state index is 12.7. The zero-order valence-corrected chi connectivity index (χ0v) is 12.3. The van der Waals surface area contributed by atoms with Gasteiger partial charge in [0, 0.05) is 42.5 Å². The van der Waals surface area contributed by atoms with Crippen LogP contribution in [0.5, 0.6) is 0 Å². The normalized spacial score (nSPS) is 16.5. The third-order valence-corrected chi connectivity index (χ3v) is 4.07. The molecule has 1 amide bonds. The SMILES string of the molecule is CCOC1CCN(C(=O)c2c[nH]c3ccc(N)cc23)CC1. The quantitative estimate of drug-likeness (QED) is 0.851. The number of fused-ring (bicyclic) bond motifs is 1. The van der Waals surface area contributed by atoms with Crippen molar-refractivity contribution in [1.29, 1.82) is 0 Å². The molecule has 112 valence electrons. The van der Waals surface area contributed by atoms with Gasteiger partial charge in [-0.25, -0.2) is 0 Å². The van der Waals surface area contributed by atoms with Gasteiger partial charge in [-0.05, 0) is 38.0 Å². The summed E-state index contributed by atoms with van der Waals surface area (Å²) in [6, 6.07) is 5.59. The number of nitrogen functional groups attached to an aromatic ring is 1. The number of likely N-dealkylation sites (tertiary alicyclic amines) is 1. The topological polar surface area (TPSA) is 71.3 Å². The Morgan fingerprint density at radius 1 is 1.43 bits per heavy atom. The Kier molecular flexibility index (Phi) is 3.84. The molecule has 1 aliphatic rings. The monoisotopic (exact) mass is 287 g/mol. The molecule has 21 heavy (non-hydrogen) atoms. The highest BCUT2D eigenvalue weighted by Gasteiger charge is 2.25. The van der Waals surface area contributed by atoms with E-state index in [0.29, 0.717) is 11.3 Å². The molecule has 0 bridgehead atoms. The third kappa shape index (κ3) is 2.74. The number of benzene rings is 1. The van der Waals surface area contributed by atoms with Crippen LogP contribution in [0.15, 0.2) is 24.4 Å². The van der Waals surface area contributed by atoms with E-state index in [1.54, 1.807) is 6.20 Å². The summed E-state index contributed by atoms with van der Waals surface area (Å²) in [4.78, 5) is 17.7. The number of hydrogen-bond donors (Lipinski definition) is 2. The lowest BCUT2D eigenvalue weighted by Gasteiger charge is -2.31. The molecule has 1 aromatic heterocycles. The number of piperidine rings is 1. The fourth-order valence-electron chi connectivity index (χ4n) is 2.95. The zero-order chi connectivity index (χ0) is 14.8. The molecule has 0 radical (unpaired) electrons. The van der Waals surface area contributed by atoms with E-state index in [1.807, 2.05) is 30.0 Å². The van der Waals surface area contributed by atoms with Crippen LogP contribution in [-0.2, 0) is 4.74 Å². The van der Waals surface area contributed by atoms with Crippen LogP contribution >= 0.6 is 0 Å². The summed E-state index contributed by atoms with van der Waals surface area (Å²) in [6.45, 7) is 4.24. The molecule has 1 aromatic carbocycles. The highest BCUT2D eigenvalue weighted by atomic mass is 16.5. The van der Waals surface area contributed by atoms with Gasteiger partial charge in [0.2, 0.25) is 0 Å². The average Bonchev–Trinajstić information content (AvgIpc) is 2.90. The number of ether oxygens (including phenoxy) is 1. The highest BCUT2D eigenvalue weighted by molar-refractivity contribution is 6.07. The number of aromatic nitrogens is 1. The van der Waals surface area contributed by atoms with Gasteiger partial charge in [-0.2, -0.15) is 0 Å². The fraction of sp³-hybridized carbons (Fsp3) is 0.438. The molecule has 1 saturated heterocycles. The Balaban J connectivity index is 1.77. The van der Waals surface area contributed by atoms with E-state index in [9.17, 15) is 4.79 Å². The number of amides is 1. The van der Waals surface area contributed by atoms with Crippen LogP contribution in [0.4, 0.5) is 5.69 Å². The van der Waals surface area contributed by atoms with Crippen molar-refractivity contribution in [1.82, 2.24) is 9.88 Å². The molecule has 1 aliphatic heterocycles. The van der Waals surface area contributed by atoms with E-state index in [4.69, 9.17) is 10.5 Å². The molecule has 0 saturated carbocycles. The summed E-state index contributed by atoms with van der Waals surface area (Å²) < 4.78 is 5.63. The van der Waals surface area contributed by atoms with Crippen molar-refractivity contribution in [3.8, 4) is 0 Å². The maximum Gasteiger partial charge on any atom is 0.256 e. The van der Waals surface area contributed by atoms with Gasteiger partial charge in [-0.3, -0.25) is 4.79 Å². The molecular weight excluding hydrogens is 266 g/mol. The van der Waals surface area contributed by atoms with E-state index in [-0.39, 0.29) is 12.0 Å². The number of nitrogens with zero attached hydrogens (tertiary/aromatic N) is 1. The smallest absolute Gasteiger partial charge is 0.256 e. The fourth-order valence-corrected chi connectivity index (χ4v) is 2.95. The Labute approximate surface area is 124 Å². The lowest BCUT2D eigenvalue weighted by atomic mass is 10.1. The van der Waals surface area contributed by atoms with Crippen molar-refractivity contribution < 1.29 is 9.53 Å². The Bertz CT molecular complexity index is 642. The molecule has 0 spiro atoms. The first kappa shape index (κ1) is 13.9. The molecule has 0 unspecified atom stereocenters. The minimum absolute atomic E-state index is 0.0711. The molecule has 5 heteroatoms. The molecule has 3 N–H and O–H groups in total. The zero-order valence-electron chi connectivity index (χ0n) is 12.3. The second kappa shape index (κ2) is 5.77. The van der Waals surface area contributed by atoms with E-state index < -0.39 is 0 Å². The number of carbonyl (C=O) groups excluding carboxylic acids is 1. The minimum Gasteiger partial charge on any atom is -0.399 e. The standard InChI is InChI=1S/C16H21N3O2/c1-2-21-12-5-7-19(8-6-12)16(20)14-10-18-15-4-3-11(17)9-13(14)15/h3-4,9-10,12,18H,2,5-8,17H2,1H3. The van der Waals surface area contributed by atoms with Crippen molar-refractivity contribution >= 4 is 22.5 Å². The Hall–Kier alpha value is -2.01. The van der Waals surface area contributed by atoms with Crippen LogP contribution < -0.4 is 5.73 Å². The number of rotatable bonds is 3. The van der Waals surface area contributed by atoms with Crippen LogP contribution in [0.2, 0.25) is 0 Å².